The number of aromatic amines is 1. The quantitative estimate of drug-likeness (QED) is 0.594. The maximum atomic E-state index is 12.3. The summed E-state index contributed by atoms with van der Waals surface area (Å²) in [6, 6.07) is 15.6. The highest BCUT2D eigenvalue weighted by molar-refractivity contribution is 5.97. The molecule has 5 nitrogen and oxygen atoms in total. The van der Waals surface area contributed by atoms with Crippen LogP contribution in [-0.2, 0) is 11.2 Å². The van der Waals surface area contributed by atoms with E-state index in [0.29, 0.717) is 23.7 Å². The standard InChI is InChI=1S/C22H23N3O2/c26-21(10-4-6-16-14-23-20-9-2-1-8-19(16)20)24-18-7-3-5-15(13-18)22(27)25-17-11-12-17/h1-3,5,7-9,13-14,17,23H,4,6,10-12H2,(H,24,26)(H,25,27). The summed E-state index contributed by atoms with van der Waals surface area (Å²) in [7, 11) is 0. The highest BCUT2D eigenvalue weighted by Gasteiger charge is 2.23. The monoisotopic (exact) mass is 361 g/mol. The zero-order valence-electron chi connectivity index (χ0n) is 15.1. The van der Waals surface area contributed by atoms with Crippen molar-refractivity contribution in [1.82, 2.24) is 10.3 Å². The molecule has 5 heteroatoms. The van der Waals surface area contributed by atoms with Crippen LogP contribution in [0.1, 0.15) is 41.6 Å². The number of aromatic nitrogens is 1. The minimum absolute atomic E-state index is 0.0328. The van der Waals surface area contributed by atoms with Crippen LogP contribution in [0.5, 0.6) is 0 Å². The summed E-state index contributed by atoms with van der Waals surface area (Å²) in [5.74, 6) is -0.109. The van der Waals surface area contributed by atoms with Crippen LogP contribution in [0.3, 0.4) is 0 Å². The van der Waals surface area contributed by atoms with Crippen LogP contribution in [0.2, 0.25) is 0 Å². The first-order chi connectivity index (χ1) is 13.2. The first-order valence-electron chi connectivity index (χ1n) is 9.45. The van der Waals surface area contributed by atoms with Crippen molar-refractivity contribution in [3.63, 3.8) is 0 Å². The molecule has 0 aliphatic heterocycles. The summed E-state index contributed by atoms with van der Waals surface area (Å²) in [4.78, 5) is 27.6. The largest absolute Gasteiger partial charge is 0.361 e. The molecule has 27 heavy (non-hydrogen) atoms. The number of hydrogen-bond donors (Lipinski definition) is 3. The van der Waals surface area contributed by atoms with Crippen molar-refractivity contribution in [1.29, 1.82) is 0 Å². The summed E-state index contributed by atoms with van der Waals surface area (Å²) >= 11 is 0. The number of para-hydroxylation sites is 1. The highest BCUT2D eigenvalue weighted by atomic mass is 16.2. The van der Waals surface area contributed by atoms with E-state index >= 15 is 0 Å². The number of amides is 2. The normalized spacial score (nSPS) is 13.5. The average molecular weight is 361 g/mol. The molecule has 1 saturated carbocycles. The lowest BCUT2D eigenvalue weighted by Gasteiger charge is -2.08. The number of benzene rings is 2. The molecule has 0 bridgehead atoms. The van der Waals surface area contributed by atoms with Gasteiger partial charge in [-0.15, -0.1) is 0 Å². The highest BCUT2D eigenvalue weighted by Crippen LogP contribution is 2.21. The maximum absolute atomic E-state index is 12.3. The van der Waals surface area contributed by atoms with E-state index in [-0.39, 0.29) is 11.8 Å². The fourth-order valence-electron chi connectivity index (χ4n) is 3.24. The van der Waals surface area contributed by atoms with Gasteiger partial charge in [0.2, 0.25) is 5.91 Å². The van der Waals surface area contributed by atoms with E-state index in [2.05, 4.69) is 27.8 Å². The number of fused-ring (bicyclic) bond motifs is 1. The molecule has 1 heterocycles. The van der Waals surface area contributed by atoms with Crippen LogP contribution in [0.4, 0.5) is 5.69 Å². The Bertz CT molecular complexity index is 972. The number of rotatable bonds is 7. The molecule has 0 atom stereocenters. The summed E-state index contributed by atoms with van der Waals surface area (Å²) in [5.41, 5.74) is 3.60. The number of carbonyl (C=O) groups excluding carboxylic acids is 2. The van der Waals surface area contributed by atoms with Gasteiger partial charge in [0.15, 0.2) is 0 Å². The Balaban J connectivity index is 1.29. The first-order valence-corrected chi connectivity index (χ1v) is 9.45. The predicted octanol–water partition coefficient (Wildman–Crippen LogP) is 4.02. The lowest BCUT2D eigenvalue weighted by molar-refractivity contribution is -0.116. The van der Waals surface area contributed by atoms with E-state index in [1.807, 2.05) is 24.4 Å². The first kappa shape index (κ1) is 17.3. The third-order valence-corrected chi connectivity index (χ3v) is 4.85. The summed E-state index contributed by atoms with van der Waals surface area (Å²) in [6.45, 7) is 0. The van der Waals surface area contributed by atoms with E-state index in [0.717, 1.165) is 31.2 Å². The number of H-pyrrole nitrogens is 1. The van der Waals surface area contributed by atoms with Crippen molar-refractivity contribution in [3.8, 4) is 0 Å². The Morgan fingerprint density at radius 3 is 2.78 bits per heavy atom. The van der Waals surface area contributed by atoms with Gasteiger partial charge in [0.1, 0.15) is 0 Å². The maximum Gasteiger partial charge on any atom is 0.251 e. The zero-order valence-corrected chi connectivity index (χ0v) is 15.1. The van der Waals surface area contributed by atoms with Crippen LogP contribution in [-0.4, -0.2) is 22.8 Å². The van der Waals surface area contributed by atoms with Gasteiger partial charge in [-0.05, 0) is 55.5 Å². The smallest absolute Gasteiger partial charge is 0.251 e. The van der Waals surface area contributed by atoms with Crippen molar-refractivity contribution in [2.45, 2.75) is 38.1 Å². The van der Waals surface area contributed by atoms with Crippen molar-refractivity contribution >= 4 is 28.4 Å². The van der Waals surface area contributed by atoms with Crippen LogP contribution in [0, 0.1) is 0 Å². The Hall–Kier alpha value is -3.08. The number of anilines is 1. The second kappa shape index (κ2) is 7.66. The van der Waals surface area contributed by atoms with Crippen LogP contribution in [0.25, 0.3) is 10.9 Å². The molecule has 0 radical (unpaired) electrons. The van der Waals surface area contributed by atoms with E-state index < -0.39 is 0 Å². The van der Waals surface area contributed by atoms with Crippen molar-refractivity contribution < 1.29 is 9.59 Å². The molecule has 1 aromatic heterocycles. The molecule has 138 valence electrons. The molecule has 1 fully saturated rings. The molecule has 3 N–H and O–H groups in total. The van der Waals surface area contributed by atoms with Gasteiger partial charge < -0.3 is 15.6 Å². The fourth-order valence-corrected chi connectivity index (χ4v) is 3.24. The van der Waals surface area contributed by atoms with E-state index in [1.54, 1.807) is 18.2 Å². The predicted molar refractivity (Wildman–Crippen MR) is 107 cm³/mol. The molecule has 3 aromatic rings. The Labute approximate surface area is 158 Å². The molecule has 1 aliphatic carbocycles. The van der Waals surface area contributed by atoms with Gasteiger partial charge in [0.25, 0.3) is 5.91 Å². The SMILES string of the molecule is O=C(CCCc1c[nH]c2ccccc12)Nc1cccc(C(=O)NC2CC2)c1. The van der Waals surface area contributed by atoms with Crippen LogP contribution < -0.4 is 10.6 Å². The van der Waals surface area contributed by atoms with E-state index in [9.17, 15) is 9.59 Å². The minimum Gasteiger partial charge on any atom is -0.361 e. The van der Waals surface area contributed by atoms with Crippen molar-refractivity contribution in [2.24, 2.45) is 0 Å². The minimum atomic E-state index is -0.0760. The van der Waals surface area contributed by atoms with E-state index in [4.69, 9.17) is 0 Å². The van der Waals surface area contributed by atoms with Gasteiger partial charge in [-0.2, -0.15) is 0 Å². The van der Waals surface area contributed by atoms with Crippen molar-refractivity contribution in [3.05, 3.63) is 65.9 Å². The lowest BCUT2D eigenvalue weighted by atomic mass is 10.1. The van der Waals surface area contributed by atoms with Crippen LogP contribution in [0.15, 0.2) is 54.7 Å². The van der Waals surface area contributed by atoms with Gasteiger partial charge in [0.05, 0.1) is 0 Å². The summed E-state index contributed by atoms with van der Waals surface area (Å²) in [6.07, 6.45) is 6.19. The Kier molecular flexibility index (Phi) is 4.92. The molecule has 2 aromatic carbocycles. The second-order valence-electron chi connectivity index (χ2n) is 7.09. The van der Waals surface area contributed by atoms with Crippen molar-refractivity contribution in [2.75, 3.05) is 5.32 Å². The summed E-state index contributed by atoms with van der Waals surface area (Å²) in [5, 5.41) is 7.07. The van der Waals surface area contributed by atoms with Gasteiger partial charge in [-0.25, -0.2) is 0 Å². The Morgan fingerprint density at radius 2 is 1.93 bits per heavy atom. The van der Waals surface area contributed by atoms with Gasteiger partial charge >= 0.3 is 0 Å². The number of nitrogens with one attached hydrogen (secondary N) is 3. The molecule has 0 saturated heterocycles. The fraction of sp³-hybridized carbons (Fsp3) is 0.273. The molecular weight excluding hydrogens is 338 g/mol. The van der Waals surface area contributed by atoms with Gasteiger partial charge in [-0.1, -0.05) is 24.3 Å². The zero-order chi connectivity index (χ0) is 18.6. The third kappa shape index (κ3) is 4.37. The Morgan fingerprint density at radius 1 is 1.07 bits per heavy atom. The lowest BCUT2D eigenvalue weighted by Crippen LogP contribution is -2.25. The van der Waals surface area contributed by atoms with E-state index in [1.165, 1.54) is 10.9 Å². The molecule has 0 spiro atoms. The topological polar surface area (TPSA) is 74.0 Å². The van der Waals surface area contributed by atoms with Gasteiger partial charge in [-0.3, -0.25) is 9.59 Å². The molecule has 1 aliphatic rings. The number of carbonyl (C=O) groups is 2. The molecule has 2 amide bonds. The second-order valence-corrected chi connectivity index (χ2v) is 7.09. The number of hydrogen-bond acceptors (Lipinski definition) is 2. The number of aryl methyl sites for hydroxylation is 1. The van der Waals surface area contributed by atoms with Gasteiger partial charge in [0, 0.05) is 40.8 Å². The molecule has 0 unspecified atom stereocenters. The third-order valence-electron chi connectivity index (χ3n) is 4.85. The average Bonchev–Trinajstić information content (AvgIpc) is 3.40. The molecular formula is C22H23N3O2. The summed E-state index contributed by atoms with van der Waals surface area (Å²) < 4.78 is 0. The van der Waals surface area contributed by atoms with Crippen LogP contribution >= 0.6 is 0 Å². The molecule has 4 rings (SSSR count).